The van der Waals surface area contributed by atoms with Crippen LogP contribution in [0.4, 0.5) is 8.78 Å². The molecule has 7 aromatic heterocycles. The SMILES string of the molecule is CC(C)c1cnc2c(c1)C(C)CC2.CC(C)c1cnc2c(c1)C(N)CC2.CC(C)c1cnc2c(c1)CN(Cc1ccc(C(=O)NCC(F)(F)CN)cc1)CC2.CC(C)c1cnc2c(c1)CN(Cc1ccc(C(=O)NCCCC(=O)OCc3ccccc3)cc1)CC2.CC(C)c1cnc2c(c1)CN(Cc1ccc(C(=O)NCCN)cc1)CC2.CC1Cc2cc(C(C)C)cnc2C1.CCC1OB(O)c2ncc(C(C)C)cc21. The van der Waals surface area contributed by atoms with Crippen LogP contribution in [0.5, 0.6) is 0 Å². The van der Waals surface area contributed by atoms with Crippen molar-refractivity contribution < 1.29 is 42.4 Å². The molecule has 145 heavy (non-hydrogen) atoms. The smallest absolute Gasteiger partial charge is 0.461 e. The highest BCUT2D eigenvalue weighted by atomic mass is 19.3. The number of pyridine rings is 7. The van der Waals surface area contributed by atoms with Gasteiger partial charge in [0.1, 0.15) is 6.61 Å². The van der Waals surface area contributed by atoms with Crippen LogP contribution < -0.4 is 38.7 Å². The minimum Gasteiger partial charge on any atom is -0.461 e. The summed E-state index contributed by atoms with van der Waals surface area (Å²) in [6.45, 7) is 45.5. The number of aromatic nitrogens is 7. The summed E-state index contributed by atoms with van der Waals surface area (Å²) in [4.78, 5) is 87.3. The first-order chi connectivity index (χ1) is 69.5. The Labute approximate surface area is 860 Å². The summed E-state index contributed by atoms with van der Waals surface area (Å²) in [7, 11) is -0.842. The number of aryl methyl sites for hydroxylation is 2. The van der Waals surface area contributed by atoms with Crippen LogP contribution in [-0.2, 0) is 105 Å². The standard InChI is InChI=1S/C30H35N3O3.C22H28F2N4O.C21H28N4O.2C12H17N.C11H16BNO2.C11H16N2/c1-22(2)26-17-27-20-33(16-14-28(27)32-18-26)19-23-10-12-25(13-11-23)30(35)31-15-6-9-29(34)36-21-24-7-4-3-5-8-24;1-15(2)18-9-19-12-28(8-7-20(19)26-10-18)11-16-3-5-17(6-4-16)21(29)27-14-22(23,24)13-25;1-15(2)18-11-19-14-25(10-7-20(19)24-12-18)13-16-3-5-17(6-4-16)21(26)23-9-8-22;1-8(2)11-6-10-4-9(3)5-12(10)13-7-11;1-8(2)10-6-11-9(3)4-5-12(11)13-7-10;1-4-10-9-5-8(7(2)3)6-13-11(9)12(14)15-10;1-7(2)8-5-9-10(12)3-4-11(9)13-6-8/h3-5,7-8,10-13,17-18,22H,6,9,14-16,19-21H2,1-2H3,(H,31,35);3-6,9-10,15H,7-8,11-14,25H2,1-2H3,(H,27,29);3-6,11-12,15H,7-10,13-14,22H2,1-2H3,(H,23,26);2*6-9H,4-5H2,1-3H3;5-7,10,14H,4H2,1-3H3;5-7,10H,3-4,12H2,1-2H3. The van der Waals surface area contributed by atoms with Crippen LogP contribution in [-0.4, -0.2) is 144 Å². The van der Waals surface area contributed by atoms with Gasteiger partial charge in [-0.1, -0.05) is 227 Å². The van der Waals surface area contributed by atoms with Gasteiger partial charge in [-0.3, -0.25) is 68.8 Å². The molecule has 3 amide bonds. The fourth-order valence-electron chi connectivity index (χ4n) is 18.7. The maximum absolute atomic E-state index is 13.2. The molecule has 4 aromatic carbocycles. The van der Waals surface area contributed by atoms with Gasteiger partial charge in [0.15, 0.2) is 0 Å². The Morgan fingerprint density at radius 2 is 0.834 bits per heavy atom. The summed E-state index contributed by atoms with van der Waals surface area (Å²) in [5, 5.41) is 17.5. The Morgan fingerprint density at radius 3 is 1.26 bits per heavy atom. The molecule has 18 rings (SSSR count). The predicted molar refractivity (Wildman–Crippen MR) is 577 cm³/mol. The number of nitrogens with two attached hydrogens (primary N) is 3. The number of carbonyl (C=O) groups excluding carboxylic acids is 4. The number of benzene rings is 4. The lowest BCUT2D eigenvalue weighted by Crippen LogP contribution is -2.41. The molecule has 0 radical (unpaired) electrons. The van der Waals surface area contributed by atoms with Gasteiger partial charge in [0, 0.05) is 204 Å². The maximum Gasteiger partial charge on any atom is 0.511 e. The number of hydrogen-bond acceptors (Lipinski definition) is 20. The monoisotopic (exact) mass is 1970 g/mol. The van der Waals surface area contributed by atoms with Crippen molar-refractivity contribution in [2.24, 2.45) is 23.1 Å². The molecule has 0 saturated heterocycles. The Balaban J connectivity index is 0.000000156. The summed E-state index contributed by atoms with van der Waals surface area (Å²) in [5.41, 5.74) is 49.0. The molecular formula is C119H157BF2N16O7. The number of esters is 1. The summed E-state index contributed by atoms with van der Waals surface area (Å²) in [6.07, 6.45) is 25.5. The Hall–Kier alpha value is -11.6. The van der Waals surface area contributed by atoms with Gasteiger partial charge in [-0.2, -0.15) is 0 Å². The molecule has 4 unspecified atom stereocenters. The first kappa shape index (κ1) is 112. The van der Waals surface area contributed by atoms with Crippen molar-refractivity contribution in [3.05, 3.63) is 340 Å². The van der Waals surface area contributed by atoms with E-state index in [0.29, 0.717) is 89.8 Å². The van der Waals surface area contributed by atoms with E-state index in [2.05, 4.69) is 226 Å². The molecule has 10 N–H and O–H groups in total. The predicted octanol–water partition coefficient (Wildman–Crippen LogP) is 20.3. The second-order valence-electron chi connectivity index (χ2n) is 42.2. The van der Waals surface area contributed by atoms with Crippen LogP contribution in [0.15, 0.2) is 189 Å². The lowest BCUT2D eigenvalue weighted by molar-refractivity contribution is -0.145. The highest BCUT2D eigenvalue weighted by molar-refractivity contribution is 6.60. The van der Waals surface area contributed by atoms with Gasteiger partial charge in [-0.25, -0.2) is 8.78 Å². The first-order valence-corrected chi connectivity index (χ1v) is 52.7. The van der Waals surface area contributed by atoms with Gasteiger partial charge in [0.25, 0.3) is 23.6 Å². The number of halogens is 2. The molecule has 0 bridgehead atoms. The van der Waals surface area contributed by atoms with E-state index in [1.807, 2.05) is 134 Å². The minimum atomic E-state index is -3.09. The second-order valence-corrected chi connectivity index (χ2v) is 42.2. The van der Waals surface area contributed by atoms with Crippen molar-refractivity contribution >= 4 is 36.4 Å². The van der Waals surface area contributed by atoms with E-state index in [0.717, 1.165) is 126 Å². The maximum atomic E-state index is 13.2. The molecule has 0 saturated carbocycles. The van der Waals surface area contributed by atoms with Gasteiger partial charge in [0.05, 0.1) is 24.8 Å². The molecule has 4 atom stereocenters. The van der Waals surface area contributed by atoms with Gasteiger partial charge < -0.3 is 47.6 Å². The number of alkyl halides is 2. The van der Waals surface area contributed by atoms with Crippen LogP contribution in [0, 0.1) is 5.92 Å². The summed E-state index contributed by atoms with van der Waals surface area (Å²) in [5.74, 6) is 1.09. The minimum absolute atomic E-state index is 0.00111. The van der Waals surface area contributed by atoms with Crippen LogP contribution in [0.25, 0.3) is 0 Å². The van der Waals surface area contributed by atoms with E-state index < -0.39 is 32.0 Å². The molecule has 23 nitrogen and oxygen atoms in total. The van der Waals surface area contributed by atoms with Crippen molar-refractivity contribution in [1.29, 1.82) is 0 Å². The lowest BCUT2D eigenvalue weighted by atomic mass is 9.83. The van der Waals surface area contributed by atoms with Crippen molar-refractivity contribution in [3.63, 3.8) is 0 Å². The highest BCUT2D eigenvalue weighted by Gasteiger charge is 2.37. The number of nitrogens with one attached hydrogen (secondary N) is 3. The molecule has 26 heteroatoms. The molecule has 3 aliphatic carbocycles. The van der Waals surface area contributed by atoms with E-state index in [1.54, 1.807) is 12.1 Å². The van der Waals surface area contributed by atoms with Crippen LogP contribution >= 0.6 is 0 Å². The summed E-state index contributed by atoms with van der Waals surface area (Å²) < 4.78 is 37.0. The third-order valence-corrected chi connectivity index (χ3v) is 28.2. The number of amides is 3. The quantitative estimate of drug-likeness (QED) is 0.0136. The van der Waals surface area contributed by atoms with Crippen molar-refractivity contribution in [2.45, 2.75) is 306 Å². The molecule has 11 heterocycles. The second kappa shape index (κ2) is 54.2. The number of fused-ring (bicyclic) bond motifs is 7. The van der Waals surface area contributed by atoms with Crippen LogP contribution in [0.1, 0.15) is 375 Å². The average Bonchev–Trinajstić information content (AvgIpc) is 1.59. The van der Waals surface area contributed by atoms with Gasteiger partial charge in [0.2, 0.25) is 0 Å². The third-order valence-electron chi connectivity index (χ3n) is 28.2. The number of ether oxygens (including phenoxy) is 1. The van der Waals surface area contributed by atoms with Crippen LogP contribution in [0.2, 0.25) is 0 Å². The van der Waals surface area contributed by atoms with Gasteiger partial charge in [-0.05, 0) is 241 Å². The largest absolute Gasteiger partial charge is 0.511 e. The zero-order chi connectivity index (χ0) is 104. The molecule has 4 aliphatic heterocycles. The Kier molecular flexibility index (Phi) is 41.9. The zero-order valence-corrected chi connectivity index (χ0v) is 88.8. The number of nitrogens with zero attached hydrogens (tertiary/aromatic N) is 10. The highest BCUT2D eigenvalue weighted by Crippen LogP contribution is 2.36. The number of hydrogen-bond donors (Lipinski definition) is 7. The van der Waals surface area contributed by atoms with Crippen molar-refractivity contribution in [2.75, 3.05) is 52.4 Å². The first-order valence-electron chi connectivity index (χ1n) is 52.7. The van der Waals surface area contributed by atoms with E-state index >= 15 is 0 Å². The Bertz CT molecular complexity index is 5980. The molecule has 7 aliphatic rings. The molecule has 0 fully saturated rings. The molecule has 772 valence electrons. The van der Waals surface area contributed by atoms with E-state index in [-0.39, 0.29) is 43.0 Å². The average molecular weight is 1970 g/mol. The van der Waals surface area contributed by atoms with Gasteiger partial charge in [-0.15, -0.1) is 0 Å². The number of rotatable bonds is 28. The van der Waals surface area contributed by atoms with Crippen molar-refractivity contribution in [3.8, 4) is 0 Å². The molecular weight excluding hydrogens is 1810 g/mol. The third kappa shape index (κ3) is 33.0. The summed E-state index contributed by atoms with van der Waals surface area (Å²) in [6, 6.07) is 48.4. The summed E-state index contributed by atoms with van der Waals surface area (Å²) >= 11 is 0. The fourth-order valence-corrected chi connectivity index (χ4v) is 18.7. The van der Waals surface area contributed by atoms with E-state index in [1.165, 1.54) is 143 Å². The normalized spacial score (nSPS) is 16.4. The zero-order valence-electron chi connectivity index (χ0n) is 88.8. The van der Waals surface area contributed by atoms with Crippen LogP contribution in [0.3, 0.4) is 0 Å². The topological polar surface area (TPSA) is 321 Å². The van der Waals surface area contributed by atoms with Crippen molar-refractivity contribution in [1.82, 2.24) is 65.5 Å². The molecule has 0 spiro atoms. The fraction of sp³-hybridized carbons (Fsp3) is 0.471. The van der Waals surface area contributed by atoms with E-state index in [9.17, 15) is 33.0 Å². The van der Waals surface area contributed by atoms with E-state index in [4.69, 9.17) is 26.6 Å². The molecule has 11 aromatic rings. The number of carbonyl (C=O) groups is 4. The Morgan fingerprint density at radius 1 is 0.455 bits per heavy atom. The lowest BCUT2D eigenvalue weighted by Gasteiger charge is -2.28. The van der Waals surface area contributed by atoms with Gasteiger partial charge >= 0.3 is 13.1 Å².